The zero-order valence-electron chi connectivity index (χ0n) is 2.77. The van der Waals surface area contributed by atoms with Crippen molar-refractivity contribution >= 4 is 26.2 Å². The van der Waals surface area contributed by atoms with Gasteiger partial charge in [0.2, 0.25) is 0 Å². The van der Waals surface area contributed by atoms with Gasteiger partial charge in [-0.3, -0.25) is 0 Å². The molecule has 0 aromatic carbocycles. The molecule has 0 bridgehead atoms. The van der Waals surface area contributed by atoms with E-state index < -0.39 is 7.32 Å². The Morgan fingerprint density at radius 1 is 1.00 bits per heavy atom. The zero-order valence-corrected chi connectivity index (χ0v) is 8.18. The first kappa shape index (κ1) is 22.5. The van der Waals surface area contributed by atoms with Crippen molar-refractivity contribution in [3.8, 4) is 0 Å². The van der Waals surface area contributed by atoms with Crippen molar-refractivity contribution in [3.63, 3.8) is 0 Å². The number of hydrogen-bond donors (Lipinski definition) is 3. The molecule has 0 atom stereocenters. The van der Waals surface area contributed by atoms with Crippen LogP contribution in [0.3, 0.4) is 0 Å². The van der Waals surface area contributed by atoms with Gasteiger partial charge in [0.15, 0.2) is 0 Å². The van der Waals surface area contributed by atoms with Gasteiger partial charge in [-0.25, -0.2) is 0 Å². The van der Waals surface area contributed by atoms with Gasteiger partial charge in [0, 0.05) is 81.7 Å². The van der Waals surface area contributed by atoms with Crippen LogP contribution < -0.4 is 0 Å². The molecule has 0 aliphatic rings. The summed E-state index contributed by atoms with van der Waals surface area (Å²) in [7, 11) is -2.17. The average Bonchev–Trinajstić information content (AvgIpc) is 0.811. The Morgan fingerprint density at radius 3 is 1.00 bits per heavy atom. The predicted octanol–water partition coefficient (Wildman–Crippen LogP) is -2.70. The van der Waals surface area contributed by atoms with Crippen LogP contribution in [-0.2, 0) is 0 Å². The molecule has 0 unspecified atom stereocenters. The van der Waals surface area contributed by atoms with Gasteiger partial charge >= 0.3 is 26.2 Å². The molecular formula is H4BCeGdLiO3. The van der Waals surface area contributed by atoms with Crippen LogP contribution in [0.1, 0.15) is 0 Å². The Kier molecular flexibility index (Phi) is 51.7. The van der Waals surface area contributed by atoms with Crippen molar-refractivity contribution in [3.05, 3.63) is 0 Å². The maximum atomic E-state index is 7.17. The van der Waals surface area contributed by atoms with Crippen LogP contribution >= 0.6 is 0 Å². The molecule has 0 spiro atoms. The molecule has 0 heterocycles. The summed E-state index contributed by atoms with van der Waals surface area (Å²) in [5, 5.41) is 21.5. The molecule has 38 valence electrons. The summed E-state index contributed by atoms with van der Waals surface area (Å²) in [6.45, 7) is 0. The summed E-state index contributed by atoms with van der Waals surface area (Å²) in [4.78, 5) is 0. The van der Waals surface area contributed by atoms with E-state index in [1.807, 2.05) is 0 Å². The van der Waals surface area contributed by atoms with Gasteiger partial charge < -0.3 is 15.1 Å². The second-order valence-electron chi connectivity index (χ2n) is 0.346. The summed E-state index contributed by atoms with van der Waals surface area (Å²) in [5.74, 6) is 0. The molecule has 0 aromatic rings. The first-order chi connectivity index (χ1) is 1.73. The van der Waals surface area contributed by atoms with E-state index in [9.17, 15) is 0 Å². The molecule has 0 aliphatic heterocycles. The fourth-order valence-corrected chi connectivity index (χ4v) is 0. The van der Waals surface area contributed by atoms with E-state index in [1.54, 1.807) is 0 Å². The van der Waals surface area contributed by atoms with E-state index in [4.69, 9.17) is 15.1 Å². The quantitative estimate of drug-likeness (QED) is 0.409. The van der Waals surface area contributed by atoms with Crippen LogP contribution in [-0.4, -0.2) is 41.3 Å². The van der Waals surface area contributed by atoms with Crippen molar-refractivity contribution in [2.75, 3.05) is 0 Å². The normalized spacial score (nSPS) is 3.86. The molecule has 0 rings (SSSR count). The fourth-order valence-electron chi connectivity index (χ4n) is 0. The first-order valence-corrected chi connectivity index (χ1v) is 0.775. The second kappa shape index (κ2) is 16.1. The van der Waals surface area contributed by atoms with Gasteiger partial charge in [-0.15, -0.1) is 0 Å². The first-order valence-electron chi connectivity index (χ1n) is 0.775. The van der Waals surface area contributed by atoms with Gasteiger partial charge in [-0.2, -0.15) is 0 Å². The van der Waals surface area contributed by atoms with E-state index in [-0.39, 0.29) is 101 Å². The van der Waals surface area contributed by atoms with Crippen molar-refractivity contribution in [1.82, 2.24) is 0 Å². The van der Waals surface area contributed by atoms with Crippen molar-refractivity contribution < 1.29 is 96.8 Å². The predicted molar refractivity (Wildman–Crippen MR) is 19.6 cm³/mol. The monoisotopic (exact) mass is 368 g/mol. The van der Waals surface area contributed by atoms with Crippen LogP contribution in [0.15, 0.2) is 0 Å². The van der Waals surface area contributed by atoms with Gasteiger partial charge in [0.1, 0.15) is 0 Å². The van der Waals surface area contributed by atoms with Crippen molar-refractivity contribution in [2.45, 2.75) is 0 Å². The van der Waals surface area contributed by atoms with Crippen molar-refractivity contribution in [2.24, 2.45) is 0 Å². The molecular weight excluding hydrogens is 363 g/mol. The van der Waals surface area contributed by atoms with Crippen LogP contribution in [0.4, 0.5) is 0 Å². The van der Waals surface area contributed by atoms with E-state index >= 15 is 0 Å². The van der Waals surface area contributed by atoms with Crippen LogP contribution in [0.2, 0.25) is 0 Å². The van der Waals surface area contributed by atoms with E-state index in [0.29, 0.717) is 0 Å². The molecule has 3 N–H and O–H groups in total. The molecule has 0 aromatic heterocycles. The summed E-state index contributed by atoms with van der Waals surface area (Å²) < 4.78 is 0. The van der Waals surface area contributed by atoms with E-state index in [1.165, 1.54) is 0 Å². The molecule has 0 saturated carbocycles. The van der Waals surface area contributed by atoms with Crippen LogP contribution in [0, 0.1) is 81.7 Å². The molecule has 0 radical (unpaired) electrons. The minimum atomic E-state index is -2.17. The minimum absolute atomic E-state index is 0. The standard InChI is InChI=1S/BH3O3.Ce.Gd.Li.H/c2-1(3)4;;;;/h2-4H;;;;. The van der Waals surface area contributed by atoms with Gasteiger partial charge in [-0.05, 0) is 0 Å². The van der Waals surface area contributed by atoms with Crippen LogP contribution in [0.5, 0.6) is 0 Å². The second-order valence-corrected chi connectivity index (χ2v) is 0.346. The van der Waals surface area contributed by atoms with Gasteiger partial charge in [-0.1, -0.05) is 0 Å². The third-order valence-electron chi connectivity index (χ3n) is 0. The van der Waals surface area contributed by atoms with E-state index in [0.717, 1.165) is 0 Å². The molecule has 7 heavy (non-hydrogen) atoms. The molecule has 0 saturated heterocycles. The van der Waals surface area contributed by atoms with Crippen LogP contribution in [0.25, 0.3) is 0 Å². The Morgan fingerprint density at radius 2 is 1.00 bits per heavy atom. The molecule has 0 aliphatic carbocycles. The summed E-state index contributed by atoms with van der Waals surface area (Å²) in [5.41, 5.74) is 0. The molecule has 7 heteroatoms. The average molecular weight is 367 g/mol. The molecule has 0 amide bonds. The van der Waals surface area contributed by atoms with Gasteiger partial charge in [0.25, 0.3) is 0 Å². The topological polar surface area (TPSA) is 60.7 Å². The third kappa shape index (κ3) is 46.1. The fraction of sp³-hybridized carbons (Fsp3) is 0. The third-order valence-corrected chi connectivity index (χ3v) is 0. The van der Waals surface area contributed by atoms with Gasteiger partial charge in [0.05, 0.1) is 0 Å². The Balaban J connectivity index is -0.0000000150. The van der Waals surface area contributed by atoms with E-state index in [2.05, 4.69) is 0 Å². The summed E-state index contributed by atoms with van der Waals surface area (Å²) >= 11 is 0. The SMILES string of the molecule is OB(O)O.[Ce].[Gd].[LiH]. The molecule has 3 nitrogen and oxygen atoms in total. The summed E-state index contributed by atoms with van der Waals surface area (Å²) in [6.07, 6.45) is 0. The Labute approximate surface area is 120 Å². The summed E-state index contributed by atoms with van der Waals surface area (Å²) in [6, 6.07) is 0. The Hall–Kier alpha value is 3.24. The zero-order chi connectivity index (χ0) is 3.58. The Bertz CT molecular complexity index is 19.7. The van der Waals surface area contributed by atoms with Crippen molar-refractivity contribution in [1.29, 1.82) is 0 Å². The molecule has 0 fully saturated rings. The maximum absolute atomic E-state index is 7.17. The number of rotatable bonds is 0. The number of hydrogen-bond acceptors (Lipinski definition) is 3.